The monoisotopic (exact) mass is 305 g/mol. The Morgan fingerprint density at radius 2 is 2.18 bits per heavy atom. The van der Waals surface area contributed by atoms with Gasteiger partial charge in [-0.15, -0.1) is 0 Å². The van der Waals surface area contributed by atoms with Crippen molar-refractivity contribution in [2.75, 3.05) is 19.7 Å². The van der Waals surface area contributed by atoms with E-state index in [1.54, 1.807) is 0 Å². The number of hydrogen-bond donors (Lipinski definition) is 1. The molecule has 4 heteroatoms. The van der Waals surface area contributed by atoms with Crippen LogP contribution in [-0.4, -0.2) is 46.8 Å². The topological polar surface area (TPSA) is 49.8 Å². The van der Waals surface area contributed by atoms with Crippen molar-refractivity contribution in [3.8, 4) is 0 Å². The summed E-state index contributed by atoms with van der Waals surface area (Å²) in [6, 6.07) is 0. The van der Waals surface area contributed by atoms with Crippen LogP contribution in [0.2, 0.25) is 0 Å². The lowest BCUT2D eigenvalue weighted by molar-refractivity contribution is -0.281. The third-order valence-electron chi connectivity index (χ3n) is 8.33. The van der Waals surface area contributed by atoms with Crippen LogP contribution in [0.3, 0.4) is 0 Å². The van der Waals surface area contributed by atoms with Crippen LogP contribution < -0.4 is 0 Å². The SMILES string of the molecule is CC(C)[C@@H]1[C@H]2CC(=O)[C@@H]1[C@]1(O)CC[C@@H]3CN4CCO[C@]24[C@@]31C. The van der Waals surface area contributed by atoms with E-state index in [-0.39, 0.29) is 28.9 Å². The summed E-state index contributed by atoms with van der Waals surface area (Å²) in [5.41, 5.74) is -1.53. The van der Waals surface area contributed by atoms with Crippen molar-refractivity contribution in [2.24, 2.45) is 35.0 Å². The number of nitrogens with zero attached hydrogens (tertiary/aromatic N) is 1. The second kappa shape index (κ2) is 3.79. The quantitative estimate of drug-likeness (QED) is 0.800. The fourth-order valence-corrected chi connectivity index (χ4v) is 7.68. The number of hydrogen-bond acceptors (Lipinski definition) is 4. The number of aliphatic hydroxyl groups is 1. The number of carbonyl (C=O) groups is 1. The molecule has 5 fully saturated rings. The maximum atomic E-state index is 12.9. The summed E-state index contributed by atoms with van der Waals surface area (Å²) >= 11 is 0. The number of rotatable bonds is 1. The molecule has 2 saturated heterocycles. The third kappa shape index (κ3) is 1.09. The summed E-state index contributed by atoms with van der Waals surface area (Å²) in [7, 11) is 0. The van der Waals surface area contributed by atoms with Gasteiger partial charge in [0, 0.05) is 30.8 Å². The van der Waals surface area contributed by atoms with Crippen LogP contribution in [0.1, 0.15) is 40.0 Å². The zero-order valence-electron chi connectivity index (χ0n) is 13.8. The van der Waals surface area contributed by atoms with E-state index in [0.29, 0.717) is 24.0 Å². The summed E-state index contributed by atoms with van der Waals surface area (Å²) in [5, 5.41) is 11.8. The molecule has 1 spiro atoms. The van der Waals surface area contributed by atoms with E-state index in [9.17, 15) is 9.90 Å². The zero-order chi connectivity index (χ0) is 15.5. The van der Waals surface area contributed by atoms with Crippen LogP contribution in [0.25, 0.3) is 0 Å². The van der Waals surface area contributed by atoms with Crippen LogP contribution in [0.5, 0.6) is 0 Å². The van der Waals surface area contributed by atoms with Gasteiger partial charge in [0.15, 0.2) is 0 Å². The largest absolute Gasteiger partial charge is 0.388 e. The molecule has 0 aromatic rings. The van der Waals surface area contributed by atoms with E-state index < -0.39 is 5.60 Å². The normalized spacial score (nSPS) is 59.4. The van der Waals surface area contributed by atoms with Crippen molar-refractivity contribution in [1.29, 1.82) is 0 Å². The Morgan fingerprint density at radius 1 is 1.41 bits per heavy atom. The maximum Gasteiger partial charge on any atom is 0.139 e. The first-order chi connectivity index (χ1) is 10.4. The van der Waals surface area contributed by atoms with E-state index in [0.717, 1.165) is 32.5 Å². The molecule has 2 heterocycles. The Morgan fingerprint density at radius 3 is 2.91 bits per heavy atom. The average molecular weight is 305 g/mol. The lowest BCUT2D eigenvalue weighted by Gasteiger charge is -2.61. The maximum absolute atomic E-state index is 12.9. The first kappa shape index (κ1) is 13.9. The van der Waals surface area contributed by atoms with Gasteiger partial charge in [-0.2, -0.15) is 0 Å². The van der Waals surface area contributed by atoms with Gasteiger partial charge in [-0.05, 0) is 30.6 Å². The molecule has 0 aromatic heterocycles. The van der Waals surface area contributed by atoms with Crippen LogP contribution in [-0.2, 0) is 9.53 Å². The summed E-state index contributed by atoms with van der Waals surface area (Å²) in [6.45, 7) is 9.42. The van der Waals surface area contributed by atoms with Gasteiger partial charge in [-0.1, -0.05) is 20.8 Å². The van der Waals surface area contributed by atoms with E-state index in [1.807, 2.05) is 0 Å². The van der Waals surface area contributed by atoms with E-state index >= 15 is 0 Å². The molecule has 4 nitrogen and oxygen atoms in total. The Kier molecular flexibility index (Phi) is 2.40. The molecule has 5 rings (SSSR count). The number of carbonyl (C=O) groups excluding carboxylic acids is 1. The summed E-state index contributed by atoms with van der Waals surface area (Å²) in [5.74, 6) is 1.55. The molecule has 122 valence electrons. The van der Waals surface area contributed by atoms with Crippen molar-refractivity contribution < 1.29 is 14.6 Å². The molecule has 0 amide bonds. The molecular formula is C18H27NO3. The van der Waals surface area contributed by atoms with Gasteiger partial charge in [0.25, 0.3) is 0 Å². The van der Waals surface area contributed by atoms with Gasteiger partial charge < -0.3 is 9.84 Å². The zero-order valence-corrected chi connectivity index (χ0v) is 13.8. The van der Waals surface area contributed by atoms with E-state index in [2.05, 4.69) is 25.7 Å². The molecule has 5 aliphatic rings. The second-order valence-corrected chi connectivity index (χ2v) is 8.93. The minimum Gasteiger partial charge on any atom is -0.388 e. The predicted molar refractivity (Wildman–Crippen MR) is 81.0 cm³/mol. The standard InChI is InChI=1S/C18H27NO3/c1-10(2)14-12-8-13(20)15(14)17(21)5-4-11-9-19-6-7-22-18(12,19)16(11,17)3/h10-12,14-15,21H,4-9H2,1-3H3/t11-,12-,14-,15+,16+,17-,18+/m1/s1. The van der Waals surface area contributed by atoms with Crippen LogP contribution in [0.15, 0.2) is 0 Å². The smallest absolute Gasteiger partial charge is 0.139 e. The Labute approximate surface area is 132 Å². The minimum absolute atomic E-state index is 0.165. The molecule has 0 aromatic carbocycles. The van der Waals surface area contributed by atoms with Crippen LogP contribution >= 0.6 is 0 Å². The van der Waals surface area contributed by atoms with Crippen LogP contribution in [0, 0.1) is 35.0 Å². The molecule has 0 radical (unpaired) electrons. The van der Waals surface area contributed by atoms with Gasteiger partial charge in [0.2, 0.25) is 0 Å². The summed E-state index contributed by atoms with van der Waals surface area (Å²) in [4.78, 5) is 15.4. The highest BCUT2D eigenvalue weighted by Gasteiger charge is 2.84. The summed E-state index contributed by atoms with van der Waals surface area (Å²) < 4.78 is 6.49. The van der Waals surface area contributed by atoms with E-state index in [1.165, 1.54) is 0 Å². The number of Topliss-reactive ketones (excluding diaryl/α,β-unsaturated/α-hetero) is 1. The Bertz CT molecular complexity index is 563. The molecule has 7 atom stereocenters. The molecule has 0 unspecified atom stereocenters. The number of fused-ring (bicyclic) bond motifs is 3. The van der Waals surface area contributed by atoms with Crippen molar-refractivity contribution in [3.05, 3.63) is 0 Å². The minimum atomic E-state index is -0.865. The lowest BCUT2D eigenvalue weighted by Crippen LogP contribution is -2.71. The van der Waals surface area contributed by atoms with Crippen molar-refractivity contribution >= 4 is 5.78 Å². The Hall–Kier alpha value is -0.450. The fraction of sp³-hybridized carbons (Fsp3) is 0.944. The molecule has 22 heavy (non-hydrogen) atoms. The molecular weight excluding hydrogens is 278 g/mol. The molecule has 1 N–H and O–H groups in total. The average Bonchev–Trinajstić information content (AvgIpc) is 3.11. The van der Waals surface area contributed by atoms with Gasteiger partial charge >= 0.3 is 0 Å². The third-order valence-corrected chi connectivity index (χ3v) is 8.33. The molecule has 2 bridgehead atoms. The fourth-order valence-electron chi connectivity index (χ4n) is 7.68. The van der Waals surface area contributed by atoms with Crippen LogP contribution in [0.4, 0.5) is 0 Å². The number of ether oxygens (including phenoxy) is 1. The molecule has 2 aliphatic heterocycles. The highest BCUT2D eigenvalue weighted by Crippen LogP contribution is 2.75. The van der Waals surface area contributed by atoms with Crippen molar-refractivity contribution in [3.63, 3.8) is 0 Å². The number of ketones is 1. The van der Waals surface area contributed by atoms with Gasteiger partial charge in [0.05, 0.1) is 18.1 Å². The van der Waals surface area contributed by atoms with Crippen molar-refractivity contribution in [1.82, 2.24) is 4.90 Å². The highest BCUT2D eigenvalue weighted by atomic mass is 16.5. The van der Waals surface area contributed by atoms with E-state index in [4.69, 9.17) is 4.74 Å². The first-order valence-electron chi connectivity index (χ1n) is 9.02. The van der Waals surface area contributed by atoms with Gasteiger partial charge in [-0.25, -0.2) is 0 Å². The second-order valence-electron chi connectivity index (χ2n) is 8.93. The molecule has 3 aliphatic carbocycles. The summed E-state index contributed by atoms with van der Waals surface area (Å²) in [6.07, 6.45) is 2.42. The first-order valence-corrected chi connectivity index (χ1v) is 9.02. The lowest BCUT2D eigenvalue weighted by atomic mass is 9.50. The van der Waals surface area contributed by atoms with Gasteiger partial charge in [0.1, 0.15) is 11.5 Å². The Balaban J connectivity index is 1.80. The van der Waals surface area contributed by atoms with Crippen molar-refractivity contribution in [2.45, 2.75) is 51.4 Å². The van der Waals surface area contributed by atoms with Gasteiger partial charge in [-0.3, -0.25) is 9.69 Å². The highest BCUT2D eigenvalue weighted by molar-refractivity contribution is 5.86. The predicted octanol–water partition coefficient (Wildman–Crippen LogP) is 1.67. The molecule has 3 saturated carbocycles.